The summed E-state index contributed by atoms with van der Waals surface area (Å²) in [6.45, 7) is -0.364. The highest BCUT2D eigenvalue weighted by Crippen LogP contribution is 2.32. The number of hydrogen-bond donors (Lipinski definition) is 2. The molecule has 1 aromatic carbocycles. The van der Waals surface area contributed by atoms with Gasteiger partial charge in [0.1, 0.15) is 11.8 Å². The summed E-state index contributed by atoms with van der Waals surface area (Å²) in [6, 6.07) is 5.18. The van der Waals surface area contributed by atoms with Gasteiger partial charge in [0, 0.05) is 11.4 Å². The molecule has 2 amide bonds. The van der Waals surface area contributed by atoms with Crippen molar-refractivity contribution in [2.45, 2.75) is 56.4 Å². The molecule has 1 aliphatic carbocycles. The Kier molecular flexibility index (Phi) is 7.41. The van der Waals surface area contributed by atoms with E-state index in [1.165, 1.54) is 18.2 Å². The van der Waals surface area contributed by atoms with Gasteiger partial charge in [0.2, 0.25) is 5.91 Å². The SMILES string of the molecule is O=C(N[C@H]1CC[C@H](C(=O)NC2CC(COC(F)(F)F)C2)OC1)c1ccc2cc(C(F)(F)F)ccc2n1. The van der Waals surface area contributed by atoms with Crippen LogP contribution in [-0.4, -0.2) is 54.6 Å². The molecule has 2 N–H and O–H groups in total. The Morgan fingerprint density at radius 3 is 2.39 bits per heavy atom. The molecule has 2 atom stereocenters. The normalized spacial score (nSPS) is 24.7. The fourth-order valence-electron chi connectivity index (χ4n) is 4.26. The van der Waals surface area contributed by atoms with Crippen molar-refractivity contribution in [1.29, 1.82) is 0 Å². The summed E-state index contributed by atoms with van der Waals surface area (Å²) in [7, 11) is 0. The summed E-state index contributed by atoms with van der Waals surface area (Å²) in [6.07, 6.45) is -8.32. The molecule has 1 saturated carbocycles. The topological polar surface area (TPSA) is 89.6 Å². The molecule has 0 bridgehead atoms. The largest absolute Gasteiger partial charge is 0.522 e. The molecule has 2 fully saturated rings. The summed E-state index contributed by atoms with van der Waals surface area (Å²) in [5.74, 6) is -1.14. The lowest BCUT2D eigenvalue weighted by atomic mass is 9.80. The van der Waals surface area contributed by atoms with E-state index in [9.17, 15) is 35.9 Å². The van der Waals surface area contributed by atoms with E-state index in [1.54, 1.807) is 0 Å². The minimum absolute atomic E-state index is 0.0381. The van der Waals surface area contributed by atoms with Crippen LogP contribution in [0.5, 0.6) is 0 Å². The van der Waals surface area contributed by atoms with Crippen LogP contribution in [-0.2, 0) is 20.4 Å². The standard InChI is InChI=1S/C23H23F6N3O4/c24-22(25,26)14-2-5-17-13(9-14)1-4-18(32-17)20(33)30-15-3-6-19(35-11-15)21(34)31-16-7-12(8-16)10-36-23(27,28)29/h1-2,4-5,9,12,15-16,19H,3,6-8,10-11H2,(H,30,33)(H,31,34)/t12?,15-,16?,19+/m0/s1. The van der Waals surface area contributed by atoms with E-state index in [0.29, 0.717) is 25.7 Å². The molecule has 4 rings (SSSR count). The lowest BCUT2D eigenvalue weighted by Gasteiger charge is -2.37. The van der Waals surface area contributed by atoms with Crippen LogP contribution in [0.2, 0.25) is 0 Å². The Labute approximate surface area is 201 Å². The van der Waals surface area contributed by atoms with E-state index in [1.807, 2.05) is 0 Å². The predicted octanol–water partition coefficient (Wildman–Crippen LogP) is 3.96. The van der Waals surface area contributed by atoms with E-state index in [0.717, 1.165) is 12.1 Å². The van der Waals surface area contributed by atoms with Gasteiger partial charge in [-0.1, -0.05) is 6.07 Å². The molecule has 0 spiro atoms. The number of pyridine rings is 1. The van der Waals surface area contributed by atoms with Gasteiger partial charge in [0.05, 0.1) is 30.3 Å². The van der Waals surface area contributed by atoms with Crippen LogP contribution in [0.25, 0.3) is 10.9 Å². The summed E-state index contributed by atoms with van der Waals surface area (Å²) >= 11 is 0. The number of nitrogens with zero attached hydrogens (tertiary/aromatic N) is 1. The molecule has 1 aromatic heterocycles. The summed E-state index contributed by atoms with van der Waals surface area (Å²) < 4.78 is 84.2. The van der Waals surface area contributed by atoms with Crippen LogP contribution in [0, 0.1) is 5.92 Å². The minimum Gasteiger partial charge on any atom is -0.366 e. The number of nitrogens with one attached hydrogen (secondary N) is 2. The van der Waals surface area contributed by atoms with E-state index >= 15 is 0 Å². The third-order valence-corrected chi connectivity index (χ3v) is 6.22. The molecule has 0 unspecified atom stereocenters. The zero-order chi connectivity index (χ0) is 26.1. The summed E-state index contributed by atoms with van der Waals surface area (Å²) in [4.78, 5) is 29.1. The number of hydrogen-bond acceptors (Lipinski definition) is 5. The first-order valence-corrected chi connectivity index (χ1v) is 11.3. The Balaban J connectivity index is 1.21. The number of benzene rings is 1. The van der Waals surface area contributed by atoms with Gasteiger partial charge in [-0.25, -0.2) is 4.98 Å². The zero-order valence-electron chi connectivity index (χ0n) is 18.8. The molecule has 0 radical (unpaired) electrons. The molecule has 2 aliphatic rings. The number of halogens is 6. The number of carbonyl (C=O) groups is 2. The number of carbonyl (C=O) groups excluding carboxylic acids is 2. The number of amides is 2. The first-order chi connectivity index (χ1) is 16.9. The van der Waals surface area contributed by atoms with Crippen molar-refractivity contribution in [3.8, 4) is 0 Å². The van der Waals surface area contributed by atoms with Gasteiger partial charge in [-0.05, 0) is 55.9 Å². The summed E-state index contributed by atoms with van der Waals surface area (Å²) in [5.41, 5.74) is -0.522. The van der Waals surface area contributed by atoms with Crippen LogP contribution in [0.4, 0.5) is 26.3 Å². The van der Waals surface area contributed by atoms with Crippen molar-refractivity contribution < 1.29 is 45.4 Å². The maximum Gasteiger partial charge on any atom is 0.522 e. The monoisotopic (exact) mass is 519 g/mol. The van der Waals surface area contributed by atoms with E-state index in [4.69, 9.17) is 4.74 Å². The minimum atomic E-state index is -4.67. The average Bonchev–Trinajstić information content (AvgIpc) is 2.78. The smallest absolute Gasteiger partial charge is 0.366 e. The van der Waals surface area contributed by atoms with Crippen molar-refractivity contribution in [2.24, 2.45) is 5.92 Å². The van der Waals surface area contributed by atoms with Crippen LogP contribution >= 0.6 is 0 Å². The highest BCUT2D eigenvalue weighted by molar-refractivity contribution is 5.95. The van der Waals surface area contributed by atoms with Crippen LogP contribution in [0.15, 0.2) is 30.3 Å². The van der Waals surface area contributed by atoms with E-state index in [2.05, 4.69) is 20.4 Å². The molecule has 196 valence electrons. The second-order valence-electron chi connectivity index (χ2n) is 8.97. The lowest BCUT2D eigenvalue weighted by Crippen LogP contribution is -2.52. The van der Waals surface area contributed by atoms with Gasteiger partial charge in [0.15, 0.2) is 0 Å². The third-order valence-electron chi connectivity index (χ3n) is 6.22. The molecular weight excluding hydrogens is 496 g/mol. The van der Waals surface area contributed by atoms with Gasteiger partial charge in [-0.2, -0.15) is 13.2 Å². The second-order valence-corrected chi connectivity index (χ2v) is 8.97. The molecule has 36 heavy (non-hydrogen) atoms. The summed E-state index contributed by atoms with van der Waals surface area (Å²) in [5, 5.41) is 5.75. The van der Waals surface area contributed by atoms with Gasteiger partial charge in [-0.3, -0.25) is 14.3 Å². The number of ether oxygens (including phenoxy) is 2. The number of aromatic nitrogens is 1. The van der Waals surface area contributed by atoms with E-state index < -0.39 is 36.7 Å². The second kappa shape index (κ2) is 10.2. The average molecular weight is 519 g/mol. The fourth-order valence-corrected chi connectivity index (χ4v) is 4.26. The van der Waals surface area contributed by atoms with E-state index in [-0.39, 0.29) is 47.1 Å². The van der Waals surface area contributed by atoms with Crippen LogP contribution in [0.1, 0.15) is 41.7 Å². The first kappa shape index (κ1) is 26.1. The van der Waals surface area contributed by atoms with Crippen molar-refractivity contribution in [1.82, 2.24) is 15.6 Å². The Morgan fingerprint density at radius 2 is 1.75 bits per heavy atom. The maximum absolute atomic E-state index is 12.9. The molecule has 7 nitrogen and oxygen atoms in total. The number of fused-ring (bicyclic) bond motifs is 1. The third kappa shape index (κ3) is 6.64. The van der Waals surface area contributed by atoms with Gasteiger partial charge < -0.3 is 15.4 Å². The van der Waals surface area contributed by atoms with Crippen LogP contribution < -0.4 is 10.6 Å². The quantitative estimate of drug-likeness (QED) is 0.564. The highest BCUT2D eigenvalue weighted by Gasteiger charge is 2.37. The Hall–Kier alpha value is -2.93. The molecular formula is C23H23F6N3O4. The Bertz CT molecular complexity index is 1110. The van der Waals surface area contributed by atoms with Gasteiger partial charge in [-0.15, -0.1) is 13.2 Å². The highest BCUT2D eigenvalue weighted by atomic mass is 19.4. The number of alkyl halides is 6. The van der Waals surface area contributed by atoms with Crippen molar-refractivity contribution >= 4 is 22.7 Å². The molecule has 2 aromatic rings. The Morgan fingerprint density at radius 1 is 1.00 bits per heavy atom. The first-order valence-electron chi connectivity index (χ1n) is 11.3. The lowest BCUT2D eigenvalue weighted by molar-refractivity contribution is -0.330. The molecule has 1 saturated heterocycles. The van der Waals surface area contributed by atoms with Crippen molar-refractivity contribution in [3.63, 3.8) is 0 Å². The van der Waals surface area contributed by atoms with Crippen LogP contribution in [0.3, 0.4) is 0 Å². The molecule has 1 aliphatic heterocycles. The zero-order valence-corrected chi connectivity index (χ0v) is 18.8. The fraction of sp³-hybridized carbons (Fsp3) is 0.522. The van der Waals surface area contributed by atoms with Crippen molar-refractivity contribution in [2.75, 3.05) is 13.2 Å². The van der Waals surface area contributed by atoms with Gasteiger partial charge >= 0.3 is 12.5 Å². The predicted molar refractivity (Wildman–Crippen MR) is 114 cm³/mol. The molecule has 2 heterocycles. The number of rotatable bonds is 6. The molecule has 13 heteroatoms. The van der Waals surface area contributed by atoms with Crippen molar-refractivity contribution in [3.05, 3.63) is 41.6 Å². The maximum atomic E-state index is 12.9. The van der Waals surface area contributed by atoms with Gasteiger partial charge in [0.25, 0.3) is 5.91 Å².